The fraction of sp³-hybridized carbons (Fsp3) is 0.400. The molecule has 1 amide bonds. The molecule has 1 fully saturated rings. The van der Waals surface area contributed by atoms with Gasteiger partial charge in [0.25, 0.3) is 0 Å². The van der Waals surface area contributed by atoms with Crippen LogP contribution >= 0.6 is 0 Å². The van der Waals surface area contributed by atoms with Gasteiger partial charge in [-0.1, -0.05) is 0 Å². The first-order chi connectivity index (χ1) is 10.6. The summed E-state index contributed by atoms with van der Waals surface area (Å²) in [6.07, 6.45) is 3.20. The van der Waals surface area contributed by atoms with Crippen molar-refractivity contribution in [3.8, 4) is 5.69 Å². The fourth-order valence-electron chi connectivity index (χ4n) is 2.57. The highest BCUT2D eigenvalue weighted by Gasteiger charge is 2.20. The maximum absolute atomic E-state index is 12.2. The van der Waals surface area contributed by atoms with E-state index >= 15 is 0 Å². The van der Waals surface area contributed by atoms with E-state index in [0.717, 1.165) is 31.6 Å². The number of aryl methyl sites for hydroxylation is 1. The number of aromatic nitrogens is 3. The van der Waals surface area contributed by atoms with Crippen molar-refractivity contribution >= 4 is 11.6 Å². The Morgan fingerprint density at radius 1 is 1.27 bits per heavy atom. The average Bonchev–Trinajstić information content (AvgIpc) is 2.89. The first-order valence-electron chi connectivity index (χ1n) is 7.38. The number of hydrogen-bond acceptors (Lipinski definition) is 4. The van der Waals surface area contributed by atoms with E-state index in [1.165, 1.54) is 15.6 Å². The Balaban J connectivity index is 1.70. The molecule has 0 atom stereocenters. The molecule has 1 saturated heterocycles. The summed E-state index contributed by atoms with van der Waals surface area (Å²) in [6, 6.07) is 7.11. The fourth-order valence-corrected chi connectivity index (χ4v) is 2.57. The lowest BCUT2D eigenvalue weighted by Crippen LogP contribution is -2.34. The van der Waals surface area contributed by atoms with Crippen molar-refractivity contribution in [3.05, 3.63) is 41.1 Å². The van der Waals surface area contributed by atoms with Crippen molar-refractivity contribution < 1.29 is 4.79 Å². The summed E-state index contributed by atoms with van der Waals surface area (Å²) in [4.78, 5) is 24.0. The van der Waals surface area contributed by atoms with Crippen LogP contribution < -0.4 is 16.3 Å². The maximum atomic E-state index is 12.2. The molecule has 7 heteroatoms. The molecular weight excluding hydrogens is 282 g/mol. The Morgan fingerprint density at radius 2 is 1.95 bits per heavy atom. The van der Waals surface area contributed by atoms with E-state index in [1.54, 1.807) is 31.3 Å². The Kier molecular flexibility index (Phi) is 4.06. The molecule has 2 aromatic rings. The number of piperidine rings is 1. The van der Waals surface area contributed by atoms with E-state index < -0.39 is 0 Å². The molecule has 116 valence electrons. The lowest BCUT2D eigenvalue weighted by atomic mass is 9.97. The van der Waals surface area contributed by atoms with Crippen LogP contribution in [0.5, 0.6) is 0 Å². The number of carbonyl (C=O) groups excluding carboxylic acids is 1. The number of benzene rings is 1. The van der Waals surface area contributed by atoms with Gasteiger partial charge >= 0.3 is 5.69 Å². The maximum Gasteiger partial charge on any atom is 0.350 e. The van der Waals surface area contributed by atoms with Gasteiger partial charge in [0.1, 0.15) is 6.33 Å². The molecule has 7 nitrogen and oxygen atoms in total. The van der Waals surface area contributed by atoms with Gasteiger partial charge in [-0.2, -0.15) is 9.78 Å². The summed E-state index contributed by atoms with van der Waals surface area (Å²) < 4.78 is 2.73. The van der Waals surface area contributed by atoms with Crippen molar-refractivity contribution in [3.63, 3.8) is 0 Å². The van der Waals surface area contributed by atoms with Gasteiger partial charge in [0.05, 0.1) is 5.69 Å². The molecule has 0 bridgehead atoms. The Morgan fingerprint density at radius 3 is 2.55 bits per heavy atom. The average molecular weight is 301 g/mol. The second-order valence-corrected chi connectivity index (χ2v) is 5.50. The number of carbonyl (C=O) groups is 1. The summed E-state index contributed by atoms with van der Waals surface area (Å²) in [7, 11) is 1.65. The normalized spacial score (nSPS) is 15.7. The molecule has 0 spiro atoms. The molecule has 2 N–H and O–H groups in total. The standard InChI is InChI=1S/C15H19N5O2/c1-19-10-17-20(15(19)22)13-4-2-12(3-5-13)18-14(21)11-6-8-16-9-7-11/h2-5,10-11,16H,6-9H2,1H3,(H,18,21). The molecule has 0 aliphatic carbocycles. The van der Waals surface area contributed by atoms with Crippen LogP contribution in [0.2, 0.25) is 0 Å². The first-order valence-corrected chi connectivity index (χ1v) is 7.38. The molecule has 1 aromatic carbocycles. The predicted octanol–water partition coefficient (Wildman–Crippen LogP) is 0.509. The molecule has 1 aliphatic rings. The van der Waals surface area contributed by atoms with Crippen LogP contribution in [0.4, 0.5) is 5.69 Å². The van der Waals surface area contributed by atoms with Gasteiger partial charge < -0.3 is 10.6 Å². The highest BCUT2D eigenvalue weighted by Crippen LogP contribution is 2.16. The van der Waals surface area contributed by atoms with Crippen LogP contribution in [0.25, 0.3) is 5.69 Å². The topological polar surface area (TPSA) is 81.0 Å². The lowest BCUT2D eigenvalue weighted by Gasteiger charge is -2.21. The summed E-state index contributed by atoms with van der Waals surface area (Å²) in [5, 5.41) is 10.2. The first kappa shape index (κ1) is 14.5. The summed E-state index contributed by atoms with van der Waals surface area (Å²) in [5.74, 6) is 0.128. The minimum Gasteiger partial charge on any atom is -0.326 e. The zero-order chi connectivity index (χ0) is 15.5. The van der Waals surface area contributed by atoms with Gasteiger partial charge in [-0.05, 0) is 50.2 Å². The van der Waals surface area contributed by atoms with Gasteiger partial charge in [0.15, 0.2) is 0 Å². The molecule has 2 heterocycles. The van der Waals surface area contributed by atoms with Crippen molar-refractivity contribution in [1.82, 2.24) is 19.7 Å². The quantitative estimate of drug-likeness (QED) is 0.865. The van der Waals surface area contributed by atoms with Crippen molar-refractivity contribution in [2.75, 3.05) is 18.4 Å². The minimum absolute atomic E-state index is 0.0595. The number of hydrogen-bond donors (Lipinski definition) is 2. The highest BCUT2D eigenvalue weighted by molar-refractivity contribution is 5.92. The monoisotopic (exact) mass is 301 g/mol. The van der Waals surface area contributed by atoms with Crippen LogP contribution in [0.3, 0.4) is 0 Å². The third kappa shape index (κ3) is 2.94. The highest BCUT2D eigenvalue weighted by atomic mass is 16.2. The van der Waals surface area contributed by atoms with E-state index in [2.05, 4.69) is 15.7 Å². The number of amides is 1. The van der Waals surface area contributed by atoms with Crippen molar-refractivity contribution in [2.45, 2.75) is 12.8 Å². The molecule has 1 aromatic heterocycles. The number of anilines is 1. The molecule has 0 saturated carbocycles. The second-order valence-electron chi connectivity index (χ2n) is 5.50. The third-order valence-electron chi connectivity index (χ3n) is 3.91. The molecule has 22 heavy (non-hydrogen) atoms. The van der Waals surface area contributed by atoms with Gasteiger partial charge in [0, 0.05) is 18.7 Å². The summed E-state index contributed by atoms with van der Waals surface area (Å²) in [6.45, 7) is 1.78. The van der Waals surface area contributed by atoms with Crippen molar-refractivity contribution in [1.29, 1.82) is 0 Å². The smallest absolute Gasteiger partial charge is 0.326 e. The van der Waals surface area contributed by atoms with Gasteiger partial charge in [0.2, 0.25) is 5.91 Å². The SMILES string of the molecule is Cn1cnn(-c2ccc(NC(=O)C3CCNCC3)cc2)c1=O. The Labute approximate surface area is 127 Å². The van der Waals surface area contributed by atoms with E-state index in [0.29, 0.717) is 5.69 Å². The number of nitrogens with zero attached hydrogens (tertiary/aromatic N) is 3. The van der Waals surface area contributed by atoms with Gasteiger partial charge in [-0.25, -0.2) is 4.79 Å². The molecule has 3 rings (SSSR count). The van der Waals surface area contributed by atoms with Gasteiger partial charge in [-0.3, -0.25) is 9.36 Å². The lowest BCUT2D eigenvalue weighted by molar-refractivity contribution is -0.120. The van der Waals surface area contributed by atoms with E-state index in [-0.39, 0.29) is 17.5 Å². The molecule has 0 radical (unpaired) electrons. The number of rotatable bonds is 3. The zero-order valence-electron chi connectivity index (χ0n) is 12.5. The van der Waals surface area contributed by atoms with Crippen LogP contribution in [0.15, 0.2) is 35.4 Å². The minimum atomic E-state index is -0.202. The number of nitrogens with one attached hydrogen (secondary N) is 2. The van der Waals surface area contributed by atoms with Crippen LogP contribution in [0, 0.1) is 5.92 Å². The molecular formula is C15H19N5O2. The van der Waals surface area contributed by atoms with Crippen LogP contribution in [0.1, 0.15) is 12.8 Å². The van der Waals surface area contributed by atoms with E-state index in [4.69, 9.17) is 0 Å². The van der Waals surface area contributed by atoms with E-state index in [9.17, 15) is 9.59 Å². The zero-order valence-corrected chi connectivity index (χ0v) is 12.5. The van der Waals surface area contributed by atoms with Crippen LogP contribution in [-0.4, -0.2) is 33.3 Å². The Bertz CT molecular complexity index is 710. The van der Waals surface area contributed by atoms with Crippen LogP contribution in [-0.2, 0) is 11.8 Å². The van der Waals surface area contributed by atoms with E-state index in [1.807, 2.05) is 0 Å². The van der Waals surface area contributed by atoms with Crippen molar-refractivity contribution in [2.24, 2.45) is 13.0 Å². The second kappa shape index (κ2) is 6.15. The molecule has 0 unspecified atom stereocenters. The molecule has 1 aliphatic heterocycles. The Hall–Kier alpha value is -2.41. The van der Waals surface area contributed by atoms with Gasteiger partial charge in [-0.15, -0.1) is 0 Å². The summed E-state index contributed by atoms with van der Waals surface area (Å²) in [5.41, 5.74) is 1.20. The predicted molar refractivity (Wildman–Crippen MR) is 83.0 cm³/mol. The summed E-state index contributed by atoms with van der Waals surface area (Å²) >= 11 is 0. The largest absolute Gasteiger partial charge is 0.350 e. The third-order valence-corrected chi connectivity index (χ3v) is 3.91.